The third-order valence-electron chi connectivity index (χ3n) is 2.39. The summed E-state index contributed by atoms with van der Waals surface area (Å²) in [5, 5.41) is 10.7. The minimum atomic E-state index is 0.264. The SMILES string of the molecule is Cc1cccc(OCCCC[NH2+]CCO)c1. The summed E-state index contributed by atoms with van der Waals surface area (Å²) < 4.78 is 5.63. The van der Waals surface area contributed by atoms with Gasteiger partial charge >= 0.3 is 0 Å². The molecule has 16 heavy (non-hydrogen) atoms. The fourth-order valence-electron chi connectivity index (χ4n) is 1.52. The van der Waals surface area contributed by atoms with E-state index in [1.807, 2.05) is 12.1 Å². The molecule has 0 aromatic heterocycles. The molecule has 3 nitrogen and oxygen atoms in total. The number of aliphatic hydroxyl groups excluding tert-OH is 1. The number of quaternary nitrogens is 1. The zero-order valence-corrected chi connectivity index (χ0v) is 9.98. The van der Waals surface area contributed by atoms with Crippen LogP contribution in [-0.4, -0.2) is 31.4 Å². The Bertz CT molecular complexity index is 289. The molecule has 1 rings (SSSR count). The van der Waals surface area contributed by atoms with Crippen LogP contribution in [0, 0.1) is 6.92 Å². The maximum Gasteiger partial charge on any atom is 0.119 e. The molecule has 0 fully saturated rings. The molecule has 0 heterocycles. The number of nitrogens with two attached hydrogens (primary N) is 1. The van der Waals surface area contributed by atoms with Crippen molar-refractivity contribution < 1.29 is 15.2 Å². The van der Waals surface area contributed by atoms with E-state index < -0.39 is 0 Å². The lowest BCUT2D eigenvalue weighted by Crippen LogP contribution is -2.85. The molecule has 0 saturated carbocycles. The van der Waals surface area contributed by atoms with Gasteiger partial charge in [-0.15, -0.1) is 0 Å². The topological polar surface area (TPSA) is 46.1 Å². The van der Waals surface area contributed by atoms with Crippen LogP contribution in [0.1, 0.15) is 18.4 Å². The van der Waals surface area contributed by atoms with Crippen molar-refractivity contribution >= 4 is 0 Å². The van der Waals surface area contributed by atoms with Gasteiger partial charge in [0.05, 0.1) is 26.3 Å². The second kappa shape index (κ2) is 8.13. The van der Waals surface area contributed by atoms with Crippen molar-refractivity contribution in [2.24, 2.45) is 0 Å². The molecule has 0 aliphatic rings. The average molecular weight is 224 g/mol. The summed E-state index contributed by atoms with van der Waals surface area (Å²) in [4.78, 5) is 0. The number of rotatable bonds is 8. The predicted octanol–water partition coefficient (Wildman–Crippen LogP) is 0.710. The van der Waals surface area contributed by atoms with E-state index in [1.54, 1.807) is 0 Å². The summed E-state index contributed by atoms with van der Waals surface area (Å²) in [6.45, 7) is 4.98. The van der Waals surface area contributed by atoms with E-state index in [0.717, 1.165) is 38.3 Å². The molecule has 1 aromatic rings. The molecule has 90 valence electrons. The Morgan fingerprint density at radius 1 is 1.25 bits per heavy atom. The Morgan fingerprint density at radius 3 is 2.88 bits per heavy atom. The first-order chi connectivity index (χ1) is 7.83. The summed E-state index contributed by atoms with van der Waals surface area (Å²) in [5.74, 6) is 0.958. The molecule has 3 N–H and O–H groups in total. The Kier molecular flexibility index (Phi) is 6.61. The van der Waals surface area contributed by atoms with E-state index in [0.29, 0.717) is 0 Å². The highest BCUT2D eigenvalue weighted by molar-refractivity contribution is 5.27. The maximum atomic E-state index is 8.59. The minimum Gasteiger partial charge on any atom is -0.494 e. The van der Waals surface area contributed by atoms with Crippen LogP contribution in [0.5, 0.6) is 5.75 Å². The number of hydrogen-bond acceptors (Lipinski definition) is 2. The molecule has 0 saturated heterocycles. The van der Waals surface area contributed by atoms with Gasteiger partial charge in [0.25, 0.3) is 0 Å². The van der Waals surface area contributed by atoms with Gasteiger partial charge in [-0.25, -0.2) is 0 Å². The fraction of sp³-hybridized carbons (Fsp3) is 0.538. The highest BCUT2D eigenvalue weighted by atomic mass is 16.5. The van der Waals surface area contributed by atoms with Gasteiger partial charge in [0.1, 0.15) is 5.75 Å². The van der Waals surface area contributed by atoms with Crippen molar-refractivity contribution in [2.45, 2.75) is 19.8 Å². The summed E-state index contributed by atoms with van der Waals surface area (Å²) in [7, 11) is 0. The summed E-state index contributed by atoms with van der Waals surface area (Å²) >= 11 is 0. The predicted molar refractivity (Wildman–Crippen MR) is 64.7 cm³/mol. The summed E-state index contributed by atoms with van der Waals surface area (Å²) in [6, 6.07) is 8.12. The van der Waals surface area contributed by atoms with Crippen LogP contribution in [0.25, 0.3) is 0 Å². The molecule has 0 spiro atoms. The number of unbranched alkanes of at least 4 members (excludes halogenated alkanes) is 1. The minimum absolute atomic E-state index is 0.264. The van der Waals surface area contributed by atoms with Gasteiger partial charge in [-0.3, -0.25) is 0 Å². The Hall–Kier alpha value is -1.06. The Morgan fingerprint density at radius 2 is 2.12 bits per heavy atom. The van der Waals surface area contributed by atoms with Crippen LogP contribution < -0.4 is 10.1 Å². The second-order valence-corrected chi connectivity index (χ2v) is 3.96. The lowest BCUT2D eigenvalue weighted by Gasteiger charge is -2.06. The summed E-state index contributed by atoms with van der Waals surface area (Å²) in [6.07, 6.45) is 2.20. The van der Waals surface area contributed by atoms with Crippen molar-refractivity contribution in [3.05, 3.63) is 29.8 Å². The Labute approximate surface area is 97.4 Å². The molecule has 0 aliphatic heterocycles. The van der Waals surface area contributed by atoms with Crippen molar-refractivity contribution in [3.63, 3.8) is 0 Å². The zero-order chi connectivity index (χ0) is 11.6. The monoisotopic (exact) mass is 224 g/mol. The van der Waals surface area contributed by atoms with Gasteiger partial charge in [-0.05, 0) is 37.5 Å². The van der Waals surface area contributed by atoms with E-state index in [4.69, 9.17) is 9.84 Å². The number of benzene rings is 1. The van der Waals surface area contributed by atoms with Gasteiger partial charge in [-0.2, -0.15) is 0 Å². The second-order valence-electron chi connectivity index (χ2n) is 3.96. The third-order valence-corrected chi connectivity index (χ3v) is 2.39. The van der Waals surface area contributed by atoms with Gasteiger partial charge in [0, 0.05) is 0 Å². The van der Waals surface area contributed by atoms with Gasteiger partial charge in [0.2, 0.25) is 0 Å². The maximum absolute atomic E-state index is 8.59. The molecule has 0 bridgehead atoms. The molecule has 0 amide bonds. The highest BCUT2D eigenvalue weighted by Crippen LogP contribution is 2.12. The number of aryl methyl sites for hydroxylation is 1. The van der Waals surface area contributed by atoms with Crippen molar-refractivity contribution in [1.29, 1.82) is 0 Å². The van der Waals surface area contributed by atoms with Crippen LogP contribution in [0.2, 0.25) is 0 Å². The van der Waals surface area contributed by atoms with Crippen molar-refractivity contribution in [3.8, 4) is 5.75 Å². The van der Waals surface area contributed by atoms with Crippen molar-refractivity contribution in [1.82, 2.24) is 0 Å². The average Bonchev–Trinajstić information content (AvgIpc) is 2.28. The van der Waals surface area contributed by atoms with Crippen LogP contribution >= 0.6 is 0 Å². The van der Waals surface area contributed by atoms with Crippen molar-refractivity contribution in [2.75, 3.05) is 26.3 Å². The molecule has 0 unspecified atom stereocenters. The van der Waals surface area contributed by atoms with Gasteiger partial charge in [-0.1, -0.05) is 12.1 Å². The van der Waals surface area contributed by atoms with E-state index in [1.165, 1.54) is 5.56 Å². The molecule has 0 atom stereocenters. The first kappa shape index (κ1) is 13.0. The van der Waals surface area contributed by atoms with E-state index in [9.17, 15) is 0 Å². The molecular formula is C13H22NO2+. The highest BCUT2D eigenvalue weighted by Gasteiger charge is 1.95. The van der Waals surface area contributed by atoms with Gasteiger partial charge in [0.15, 0.2) is 0 Å². The molecule has 3 heteroatoms. The number of aliphatic hydroxyl groups is 1. The van der Waals surface area contributed by atoms with Crippen LogP contribution in [-0.2, 0) is 0 Å². The van der Waals surface area contributed by atoms with Crippen LogP contribution in [0.15, 0.2) is 24.3 Å². The standard InChI is InChI=1S/C13H21NO2/c1-12-5-4-6-13(11-12)16-10-3-2-7-14-8-9-15/h4-6,11,14-15H,2-3,7-10H2,1H3/p+1. The van der Waals surface area contributed by atoms with E-state index in [2.05, 4.69) is 24.4 Å². The zero-order valence-electron chi connectivity index (χ0n) is 9.98. The summed E-state index contributed by atoms with van der Waals surface area (Å²) in [5.41, 5.74) is 1.23. The van der Waals surface area contributed by atoms with Crippen LogP contribution in [0.3, 0.4) is 0 Å². The molecular weight excluding hydrogens is 202 g/mol. The van der Waals surface area contributed by atoms with Gasteiger partial charge < -0.3 is 15.2 Å². The number of ether oxygens (including phenoxy) is 1. The molecule has 0 radical (unpaired) electrons. The lowest BCUT2D eigenvalue weighted by atomic mass is 10.2. The van der Waals surface area contributed by atoms with E-state index >= 15 is 0 Å². The normalized spacial score (nSPS) is 10.4. The third kappa shape index (κ3) is 5.73. The first-order valence-corrected chi connectivity index (χ1v) is 5.95. The number of hydrogen-bond donors (Lipinski definition) is 2. The smallest absolute Gasteiger partial charge is 0.119 e. The largest absolute Gasteiger partial charge is 0.494 e. The van der Waals surface area contributed by atoms with E-state index in [-0.39, 0.29) is 6.61 Å². The van der Waals surface area contributed by atoms with Crippen LogP contribution in [0.4, 0.5) is 0 Å². The first-order valence-electron chi connectivity index (χ1n) is 5.95. The quantitative estimate of drug-likeness (QED) is 0.639. The lowest BCUT2D eigenvalue weighted by molar-refractivity contribution is -0.656. The fourth-order valence-corrected chi connectivity index (χ4v) is 1.52. The Balaban J connectivity index is 2.03. The molecule has 1 aromatic carbocycles. The molecule has 0 aliphatic carbocycles.